The topological polar surface area (TPSA) is 66.5 Å². The van der Waals surface area contributed by atoms with E-state index >= 15 is 0 Å². The predicted molar refractivity (Wildman–Crippen MR) is 99.1 cm³/mol. The van der Waals surface area contributed by atoms with Gasteiger partial charge in [0.1, 0.15) is 5.82 Å². The Morgan fingerprint density at radius 2 is 1.81 bits per heavy atom. The third kappa shape index (κ3) is 4.82. The number of rotatable bonds is 5. The Bertz CT molecular complexity index is 896. The first kappa shape index (κ1) is 19.9. The number of halogens is 1. The van der Waals surface area contributed by atoms with Crippen LogP contribution in [-0.2, 0) is 16.4 Å². The minimum atomic E-state index is -3.25. The number of amides is 2. The van der Waals surface area contributed by atoms with E-state index in [2.05, 4.69) is 5.32 Å². The van der Waals surface area contributed by atoms with Crippen molar-refractivity contribution < 1.29 is 17.6 Å². The van der Waals surface area contributed by atoms with Crippen LogP contribution >= 0.6 is 0 Å². The number of nitrogens with zero attached hydrogens (tertiary/aromatic N) is 1. The maximum absolute atomic E-state index is 13.6. The van der Waals surface area contributed by atoms with E-state index in [-0.39, 0.29) is 29.3 Å². The van der Waals surface area contributed by atoms with Crippen LogP contribution in [0.15, 0.2) is 47.4 Å². The third-order valence-electron chi connectivity index (χ3n) is 4.37. The number of sulfone groups is 1. The summed E-state index contributed by atoms with van der Waals surface area (Å²) in [7, 11) is -1.60. The number of carbonyl (C=O) groups is 1. The summed E-state index contributed by atoms with van der Waals surface area (Å²) in [4.78, 5) is 14.1. The summed E-state index contributed by atoms with van der Waals surface area (Å²) >= 11 is 0. The first-order chi connectivity index (χ1) is 12.1. The molecule has 0 aliphatic carbocycles. The lowest BCUT2D eigenvalue weighted by Crippen LogP contribution is -2.38. The van der Waals surface area contributed by atoms with Crippen LogP contribution in [0.1, 0.15) is 29.7 Å². The van der Waals surface area contributed by atoms with Gasteiger partial charge in [-0.05, 0) is 48.7 Å². The van der Waals surface area contributed by atoms with Crippen molar-refractivity contribution in [2.75, 3.05) is 13.3 Å². The van der Waals surface area contributed by atoms with Crippen LogP contribution in [0.2, 0.25) is 0 Å². The number of nitrogens with one attached hydrogen (secondary N) is 1. The fourth-order valence-electron chi connectivity index (χ4n) is 2.44. The number of hydrogen-bond donors (Lipinski definition) is 1. The highest BCUT2D eigenvalue weighted by Gasteiger charge is 2.18. The summed E-state index contributed by atoms with van der Waals surface area (Å²) in [6.45, 7) is 3.75. The number of carbonyl (C=O) groups excluding carboxylic acids is 1. The minimum Gasteiger partial charge on any atom is -0.334 e. The summed E-state index contributed by atoms with van der Waals surface area (Å²) in [5.74, 6) is -0.301. The zero-order valence-electron chi connectivity index (χ0n) is 15.3. The number of aryl methyl sites for hydroxylation is 1. The SMILES string of the molecule is Cc1ccc(CNC(=O)N(C)[C@@H](C)c2ccc(S(C)(=O)=O)cc2)cc1F. The van der Waals surface area contributed by atoms with E-state index in [1.165, 1.54) is 23.1 Å². The quantitative estimate of drug-likeness (QED) is 0.867. The molecule has 0 unspecified atom stereocenters. The molecule has 0 aliphatic rings. The Labute approximate surface area is 153 Å². The molecule has 7 heteroatoms. The van der Waals surface area contributed by atoms with Crippen LogP contribution in [0, 0.1) is 12.7 Å². The van der Waals surface area contributed by atoms with Gasteiger partial charge in [0.25, 0.3) is 0 Å². The molecule has 0 saturated carbocycles. The molecule has 0 aliphatic heterocycles. The monoisotopic (exact) mass is 378 g/mol. The standard InChI is InChI=1S/C19H23FN2O3S/c1-13-5-6-15(11-18(13)20)12-21-19(23)22(3)14(2)16-7-9-17(10-8-16)26(4,24)25/h5-11,14H,12H2,1-4H3,(H,21,23)/t14-/m0/s1. The van der Waals surface area contributed by atoms with Crippen molar-refractivity contribution in [2.45, 2.75) is 31.3 Å². The van der Waals surface area contributed by atoms with E-state index in [4.69, 9.17) is 0 Å². The second kappa shape index (κ2) is 7.86. The predicted octanol–water partition coefficient (Wildman–Crippen LogP) is 3.44. The van der Waals surface area contributed by atoms with Crippen molar-refractivity contribution in [3.05, 3.63) is 65.0 Å². The molecular weight excluding hydrogens is 355 g/mol. The molecule has 0 bridgehead atoms. The Hall–Kier alpha value is -2.41. The lowest BCUT2D eigenvalue weighted by molar-refractivity contribution is 0.194. The number of hydrogen-bond acceptors (Lipinski definition) is 3. The van der Waals surface area contributed by atoms with Gasteiger partial charge in [0, 0.05) is 19.8 Å². The Morgan fingerprint density at radius 3 is 2.35 bits per heavy atom. The molecule has 2 amide bonds. The first-order valence-electron chi connectivity index (χ1n) is 8.15. The summed E-state index contributed by atoms with van der Waals surface area (Å²) < 4.78 is 36.6. The average Bonchev–Trinajstić information content (AvgIpc) is 2.60. The van der Waals surface area contributed by atoms with Crippen molar-refractivity contribution in [3.8, 4) is 0 Å². The average molecular weight is 378 g/mol. The molecule has 1 atom stereocenters. The summed E-state index contributed by atoms with van der Waals surface area (Å²) in [6.07, 6.45) is 1.15. The molecule has 0 saturated heterocycles. The molecule has 5 nitrogen and oxygen atoms in total. The fraction of sp³-hybridized carbons (Fsp3) is 0.316. The van der Waals surface area contributed by atoms with Gasteiger partial charge in [-0.25, -0.2) is 17.6 Å². The van der Waals surface area contributed by atoms with E-state index in [0.717, 1.165) is 11.8 Å². The third-order valence-corrected chi connectivity index (χ3v) is 5.50. The number of benzene rings is 2. The lowest BCUT2D eigenvalue weighted by Gasteiger charge is -2.25. The molecule has 26 heavy (non-hydrogen) atoms. The van der Waals surface area contributed by atoms with Gasteiger partial charge in [-0.2, -0.15) is 0 Å². The van der Waals surface area contributed by atoms with E-state index in [9.17, 15) is 17.6 Å². The maximum Gasteiger partial charge on any atom is 0.317 e. The zero-order valence-corrected chi connectivity index (χ0v) is 16.1. The van der Waals surface area contributed by atoms with E-state index in [1.807, 2.05) is 6.92 Å². The highest BCUT2D eigenvalue weighted by molar-refractivity contribution is 7.90. The number of urea groups is 1. The fourth-order valence-corrected chi connectivity index (χ4v) is 3.07. The molecule has 0 fully saturated rings. The first-order valence-corrected chi connectivity index (χ1v) is 10.0. The largest absolute Gasteiger partial charge is 0.334 e. The molecule has 2 aromatic carbocycles. The van der Waals surface area contributed by atoms with Gasteiger partial charge in [0.05, 0.1) is 10.9 Å². The van der Waals surface area contributed by atoms with Crippen LogP contribution in [0.4, 0.5) is 9.18 Å². The molecule has 0 radical (unpaired) electrons. The van der Waals surface area contributed by atoms with Crippen LogP contribution in [0.3, 0.4) is 0 Å². The normalized spacial score (nSPS) is 12.5. The Morgan fingerprint density at radius 1 is 1.19 bits per heavy atom. The zero-order chi connectivity index (χ0) is 19.5. The molecule has 1 N–H and O–H groups in total. The van der Waals surface area contributed by atoms with E-state index in [0.29, 0.717) is 11.1 Å². The van der Waals surface area contributed by atoms with E-state index in [1.54, 1.807) is 38.2 Å². The van der Waals surface area contributed by atoms with Crippen molar-refractivity contribution in [1.82, 2.24) is 10.2 Å². The van der Waals surface area contributed by atoms with Crippen LogP contribution in [0.25, 0.3) is 0 Å². The highest BCUT2D eigenvalue weighted by Crippen LogP contribution is 2.21. The Kier molecular flexibility index (Phi) is 6.02. The van der Waals surface area contributed by atoms with Gasteiger partial charge in [-0.3, -0.25) is 0 Å². The summed E-state index contributed by atoms with van der Waals surface area (Å²) in [6, 6.07) is 10.7. The minimum absolute atomic E-state index is 0.222. The van der Waals surface area contributed by atoms with Crippen LogP contribution < -0.4 is 5.32 Å². The van der Waals surface area contributed by atoms with Gasteiger partial charge >= 0.3 is 6.03 Å². The second-order valence-electron chi connectivity index (χ2n) is 6.37. The van der Waals surface area contributed by atoms with Gasteiger partial charge in [-0.15, -0.1) is 0 Å². The summed E-state index contributed by atoms with van der Waals surface area (Å²) in [5, 5.41) is 2.76. The molecule has 2 aromatic rings. The van der Waals surface area contributed by atoms with Crippen LogP contribution in [-0.4, -0.2) is 32.7 Å². The molecular formula is C19H23FN2O3S. The van der Waals surface area contributed by atoms with Crippen molar-refractivity contribution in [3.63, 3.8) is 0 Å². The van der Waals surface area contributed by atoms with E-state index < -0.39 is 9.84 Å². The molecule has 2 rings (SSSR count). The van der Waals surface area contributed by atoms with Gasteiger partial charge in [0.2, 0.25) is 0 Å². The molecule has 140 valence electrons. The molecule has 0 aromatic heterocycles. The van der Waals surface area contributed by atoms with Gasteiger partial charge in [-0.1, -0.05) is 24.3 Å². The molecule has 0 heterocycles. The second-order valence-corrected chi connectivity index (χ2v) is 8.39. The van der Waals surface area contributed by atoms with Crippen molar-refractivity contribution in [2.24, 2.45) is 0 Å². The smallest absolute Gasteiger partial charge is 0.317 e. The lowest BCUT2D eigenvalue weighted by atomic mass is 10.1. The van der Waals surface area contributed by atoms with Gasteiger partial charge in [0.15, 0.2) is 9.84 Å². The molecule has 0 spiro atoms. The maximum atomic E-state index is 13.6. The van der Waals surface area contributed by atoms with Crippen LogP contribution in [0.5, 0.6) is 0 Å². The van der Waals surface area contributed by atoms with Gasteiger partial charge < -0.3 is 10.2 Å². The Balaban J connectivity index is 2.01. The summed E-state index contributed by atoms with van der Waals surface area (Å²) in [5.41, 5.74) is 2.06. The van der Waals surface area contributed by atoms with Crippen molar-refractivity contribution in [1.29, 1.82) is 0 Å². The highest BCUT2D eigenvalue weighted by atomic mass is 32.2. The van der Waals surface area contributed by atoms with Crippen molar-refractivity contribution >= 4 is 15.9 Å².